The Kier molecular flexibility index (Phi) is 9.51. The Morgan fingerprint density at radius 3 is 1.77 bits per heavy atom. The third kappa shape index (κ3) is 10.1. The highest BCUT2D eigenvalue weighted by Gasteiger charge is 2.41. The average molecular weight is 1240 g/mol. The molecule has 4 heterocycles. The summed E-state index contributed by atoms with van der Waals surface area (Å²) >= 11 is 0. The summed E-state index contributed by atoms with van der Waals surface area (Å²) in [7, 11) is 0. The molecule has 3 aromatic heterocycles. The SMILES string of the molecule is [2H]c1c([2H])c2c(c([2H])c1-c1cc3c4c(c1)n(-c1cccc(Oc5ccc6c7ccccc7n(-c7cc(C(C)(C)C)ccn7)c6c5)c1)[c-][n+]4-c1c(-c4cc(C(C)(C)C)cc(C(C)(C)C)c4)cccc1-c1cc4c(cc1-c1ccccc1-3)C(C)(C)CCC4(C)C)C(C([2H])([2H])[2H])(C([2H])([2H])[2H])C([2H])([2H])C([2H])([2H])C2(C([2H])([2H])[2H])C([2H])([2H])[2H]. The molecule has 0 unspecified atom stereocenters. The Bertz CT molecular complexity index is 5880. The molecule has 12 aromatic rings. The topological polar surface area (TPSA) is 35.9 Å². The second kappa shape index (κ2) is 20.9. The molecule has 0 N–H and O–H groups in total. The first-order valence-electron chi connectivity index (χ1n) is 41.8. The van der Waals surface area contributed by atoms with Crippen LogP contribution in [0.2, 0.25) is 0 Å². The van der Waals surface area contributed by atoms with Crippen molar-refractivity contribution < 1.29 is 35.3 Å². The predicted octanol–water partition coefficient (Wildman–Crippen LogP) is 23.2. The largest absolute Gasteiger partial charge is 0.458 e. The van der Waals surface area contributed by atoms with Crippen molar-refractivity contribution >= 4 is 32.8 Å². The summed E-state index contributed by atoms with van der Waals surface area (Å²) in [4.78, 5) is 4.92. The van der Waals surface area contributed by atoms with Gasteiger partial charge in [0.25, 0.3) is 6.33 Å². The number of imidazole rings is 1. The van der Waals surface area contributed by atoms with Crippen LogP contribution in [0.5, 0.6) is 11.5 Å². The number of nitrogens with zero attached hydrogens (tertiary/aromatic N) is 4. The van der Waals surface area contributed by atoms with Crippen LogP contribution in [0.4, 0.5) is 0 Å². The van der Waals surface area contributed by atoms with Crippen LogP contribution in [0.25, 0.3) is 106 Å². The fraction of sp³-hybridized carbons (Fsp3) is 0.318. The lowest BCUT2D eigenvalue weighted by atomic mass is 9.62. The molecule has 0 saturated heterocycles. The maximum Gasteiger partial charge on any atom is 0.269 e. The zero-order valence-electron chi connectivity index (χ0n) is 74.3. The number of ether oxygens (including phenoxy) is 1. The number of para-hydroxylation sites is 2. The standard InChI is InChI=1S/C88H90N4O/c1-82(2,3)57-36-41-89-79(48-57)92-76-31-21-20-28-66(76)67-34-33-62(50-77(67)92)93-61-25-22-24-60(49-61)90-53-91-80-63(56-42-58(83(4,5)6)47-59(43-56)84(7,8)9)29-23-30-68(80)70-52-75-74(87(14,15)39-40-88(75,16)17)51-69(70)64-26-18-19-27-65(64)71-44-55(46-78(90)81(71)91)54-32-35-72-73(45-54)86(12,13)38-37-85(72,10)11/h18-36,41-52H,37-40H2,1-17H3/i10D3,11D3,12D3,13D3,32D,35D,37D2,38D2,45D. The molecule has 1 aliphatic heterocycles. The summed E-state index contributed by atoms with van der Waals surface area (Å²) in [6.45, 7) is 11.6. The van der Waals surface area contributed by atoms with Gasteiger partial charge in [-0.05, 0) is 219 Å². The number of benzene rings is 9. The van der Waals surface area contributed by atoms with Crippen LogP contribution >= 0.6 is 0 Å². The quantitative estimate of drug-likeness (QED) is 0.123. The van der Waals surface area contributed by atoms with Gasteiger partial charge < -0.3 is 4.74 Å². The van der Waals surface area contributed by atoms with Crippen molar-refractivity contribution in [2.45, 2.75) is 181 Å². The first kappa shape index (κ1) is 42.4. The number of hydrogen-bond acceptors (Lipinski definition) is 2. The normalized spacial score (nSPS) is 20.8. The zero-order valence-corrected chi connectivity index (χ0v) is 55.3. The van der Waals surface area contributed by atoms with Gasteiger partial charge in [0, 0.05) is 45.0 Å². The van der Waals surface area contributed by atoms with E-state index in [9.17, 15) is 17.8 Å². The second-order valence-electron chi connectivity index (χ2n) is 30.5. The van der Waals surface area contributed by atoms with Gasteiger partial charge in [0.05, 0.1) is 37.6 Å². The predicted molar refractivity (Wildman–Crippen MR) is 390 cm³/mol. The van der Waals surface area contributed by atoms with E-state index in [-0.39, 0.29) is 38.2 Å². The minimum atomic E-state index is -4.54. The molecule has 468 valence electrons. The summed E-state index contributed by atoms with van der Waals surface area (Å²) in [6.07, 6.45) is -1.57. The molecule has 0 atom stereocenters. The highest BCUT2D eigenvalue weighted by Crippen LogP contribution is 2.54. The molecular formula is C88H90N4O. The summed E-state index contributed by atoms with van der Waals surface area (Å²) in [6, 6.07) is 50.3. The van der Waals surface area contributed by atoms with Gasteiger partial charge in [0.1, 0.15) is 17.3 Å². The fourth-order valence-corrected chi connectivity index (χ4v) is 14.3. The van der Waals surface area contributed by atoms with Gasteiger partial charge in [-0.25, -0.2) is 4.98 Å². The lowest BCUT2D eigenvalue weighted by molar-refractivity contribution is -0.570. The van der Waals surface area contributed by atoms with Crippen molar-refractivity contribution in [1.29, 1.82) is 0 Å². The highest BCUT2D eigenvalue weighted by atomic mass is 16.5. The molecule has 2 aliphatic carbocycles. The smallest absolute Gasteiger partial charge is 0.269 e. The average Bonchev–Trinajstić information content (AvgIpc) is 1.00. The maximum atomic E-state index is 10.6. The highest BCUT2D eigenvalue weighted by molar-refractivity contribution is 6.10. The van der Waals surface area contributed by atoms with E-state index in [2.05, 4.69) is 168 Å². The lowest BCUT2D eigenvalue weighted by Crippen LogP contribution is -2.34. The van der Waals surface area contributed by atoms with Gasteiger partial charge in [-0.2, -0.15) is 0 Å². The lowest BCUT2D eigenvalue weighted by Gasteiger charge is -2.42. The molecule has 0 radical (unpaired) electrons. The summed E-state index contributed by atoms with van der Waals surface area (Å²) in [5, 5.41) is 1.98. The van der Waals surface area contributed by atoms with E-state index in [1.165, 1.54) is 5.56 Å². The van der Waals surface area contributed by atoms with E-state index in [1.54, 1.807) is 16.7 Å². The molecule has 5 heteroatoms. The molecule has 0 bridgehead atoms. The molecule has 15 rings (SSSR count). The van der Waals surface area contributed by atoms with Crippen molar-refractivity contribution in [3.63, 3.8) is 0 Å². The van der Waals surface area contributed by atoms with Crippen LogP contribution in [-0.2, 0) is 37.9 Å². The van der Waals surface area contributed by atoms with Gasteiger partial charge >= 0.3 is 0 Å². The van der Waals surface area contributed by atoms with E-state index in [0.717, 1.165) is 96.1 Å². The van der Waals surface area contributed by atoms with Crippen molar-refractivity contribution in [3.8, 4) is 84.3 Å². The summed E-state index contributed by atoms with van der Waals surface area (Å²) < 4.78 is 193. The first-order chi connectivity index (χ1) is 51.7. The molecule has 3 aliphatic rings. The number of rotatable bonds is 6. The minimum Gasteiger partial charge on any atom is -0.458 e. The van der Waals surface area contributed by atoms with Gasteiger partial charge in [0.2, 0.25) is 0 Å². The van der Waals surface area contributed by atoms with Crippen LogP contribution in [0, 0.1) is 6.33 Å². The molecule has 0 amide bonds. The van der Waals surface area contributed by atoms with E-state index in [1.807, 2.05) is 95.7 Å². The van der Waals surface area contributed by atoms with E-state index in [0.29, 0.717) is 39.5 Å². The van der Waals surface area contributed by atoms with Crippen molar-refractivity contribution in [1.82, 2.24) is 14.1 Å². The van der Waals surface area contributed by atoms with Crippen LogP contribution in [-0.4, -0.2) is 14.1 Å². The summed E-state index contributed by atoms with van der Waals surface area (Å²) in [5.74, 6) is 1.57. The first-order valence-corrected chi connectivity index (χ1v) is 32.3. The second-order valence-corrected chi connectivity index (χ2v) is 30.5. The third-order valence-corrected chi connectivity index (χ3v) is 19.9. The number of hydrogen-bond donors (Lipinski definition) is 0. The molecule has 0 fully saturated rings. The number of pyridine rings is 1. The molecule has 0 spiro atoms. The van der Waals surface area contributed by atoms with Crippen LogP contribution < -0.4 is 9.30 Å². The fourth-order valence-electron chi connectivity index (χ4n) is 14.3. The Balaban J connectivity index is 1.10. The molecule has 0 saturated carbocycles. The molecule has 93 heavy (non-hydrogen) atoms. The number of fused-ring (bicyclic) bond motifs is 12. The monoisotopic (exact) mass is 1240 g/mol. The van der Waals surface area contributed by atoms with Gasteiger partial charge in [-0.15, -0.1) is 0 Å². The van der Waals surface area contributed by atoms with Gasteiger partial charge in [-0.1, -0.05) is 233 Å². The minimum absolute atomic E-state index is 0.163. The molecule has 5 nitrogen and oxygen atoms in total. The Labute approximate surface area is 578 Å². The third-order valence-electron chi connectivity index (χ3n) is 19.9. The molecular weight excluding hydrogens is 1130 g/mol. The van der Waals surface area contributed by atoms with E-state index < -0.39 is 85.8 Å². The van der Waals surface area contributed by atoms with Gasteiger partial charge in [0.15, 0.2) is 0 Å². The van der Waals surface area contributed by atoms with Gasteiger partial charge in [-0.3, -0.25) is 13.7 Å². The van der Waals surface area contributed by atoms with Crippen LogP contribution in [0.1, 0.15) is 208 Å². The maximum absolute atomic E-state index is 10.6. The zero-order chi connectivity index (χ0) is 81.5. The van der Waals surface area contributed by atoms with Crippen LogP contribution in [0.15, 0.2) is 188 Å². The molecule has 9 aromatic carbocycles. The van der Waals surface area contributed by atoms with E-state index in [4.69, 9.17) is 17.9 Å². The van der Waals surface area contributed by atoms with Crippen molar-refractivity contribution in [2.75, 3.05) is 0 Å². The van der Waals surface area contributed by atoms with Crippen LogP contribution in [0.3, 0.4) is 0 Å². The van der Waals surface area contributed by atoms with E-state index >= 15 is 0 Å². The Morgan fingerprint density at radius 1 is 0.484 bits per heavy atom. The number of aromatic nitrogens is 4. The van der Waals surface area contributed by atoms with Crippen molar-refractivity contribution in [3.05, 3.63) is 233 Å². The Hall–Kier alpha value is -8.80. The summed E-state index contributed by atoms with van der Waals surface area (Å²) in [5.41, 5.74) is 1.20. The Morgan fingerprint density at radius 2 is 1.09 bits per heavy atom. The van der Waals surface area contributed by atoms with Crippen molar-refractivity contribution in [2.24, 2.45) is 0 Å².